The van der Waals surface area contributed by atoms with E-state index < -0.39 is 252 Å². The van der Waals surface area contributed by atoms with Crippen LogP contribution in [0, 0.1) is 11.8 Å². The highest BCUT2D eigenvalue weighted by atomic mass is 32.1. The van der Waals surface area contributed by atoms with Gasteiger partial charge in [0.05, 0.1) is 37.4 Å². The average molecular weight is 1910 g/mol. The van der Waals surface area contributed by atoms with Crippen molar-refractivity contribution in [1.29, 1.82) is 0 Å². The number of β-amino-alcohol motifs (C(OH)–C–C–N with tert-alkyl or cyclic N) is 1. The quantitative estimate of drug-likeness (QED) is 0.0127. The number of carboxylic acid groups (broad SMARTS) is 1. The number of aliphatic imine (C=N–C) groups is 1. The first kappa shape index (κ1) is 115. The van der Waals surface area contributed by atoms with Crippen LogP contribution < -0.4 is 120 Å². The minimum absolute atomic E-state index is 0.0465. The number of phenolic OH excluding ortho intramolecular Hbond substituents is 2. The Labute approximate surface area is 775 Å². The number of carbonyl (C=O) groups excluding carboxylic acids is 16. The fourth-order valence-electron chi connectivity index (χ4n) is 13.3. The van der Waals surface area contributed by atoms with Crippen molar-refractivity contribution in [3.63, 3.8) is 0 Å². The van der Waals surface area contributed by atoms with Gasteiger partial charge in [0.15, 0.2) is 5.96 Å². The second-order valence-corrected chi connectivity index (χ2v) is 34.9. The summed E-state index contributed by atoms with van der Waals surface area (Å²) in [7, 11) is 0. The number of nitrogens with one attached hydrogen (secondary N) is 15. The molecule has 20 atom stereocenters. The average Bonchev–Trinajstić information content (AvgIpc) is 1.67. The molecule has 132 heavy (non-hydrogen) atoms. The Balaban J connectivity index is 1.93. The standard InChI is InChI=1S/C82H136N24O24S2/c1-11-40(6)61(102-74(123)58-33-47(112)35-106(58)79(128)60(87)38(2)3)75(124)105-64(82(9,10)132)78(127)98-53(31-43-14-18-45(110)19-15-43)71(120)104-63(42(8)109)77(126)97-54(34-59(86)113)70(119)92-48(13-12-29-91-81(88)89)65(114)95-52(25-30-90-39(4)5)69(118)103-62(41(7)108)76(125)96-51(24-28-85)67(116)100-56(36-107)72(121)94-49(22-26-83)66(115)93-50(23-27-84)68(117)101-57(37-131)73(122)99-55(80(129)130)32-44-16-20-46(111)21-17-44/h14-21,38-42,47-58,60-64,90,107-112,131-132H,11-13,22-37,83-85,87H2,1-10H3,(H2,86,113)(H,92,119)(H,93,115)(H,94,121)(H,95,114)(H,96,125)(H,97,126)(H,98,127)(H,99,122)(H,100,116)(H,101,117)(H,102,123)(H,103,118)(H,104,120)(H,105,124)(H,129,130)(H4,88,89,91)/t40-,41+,42+,47+,48-,49-,50-,51+,52-,53-,54-,55-,56-,57-,58-,60-,61-,62-,63-,64+/m0/s1. The molecule has 0 aliphatic carbocycles. The van der Waals surface area contributed by atoms with Crippen molar-refractivity contribution in [1.82, 2.24) is 84.7 Å². The molecule has 1 heterocycles. The summed E-state index contributed by atoms with van der Waals surface area (Å²) in [4.78, 5) is 243. The van der Waals surface area contributed by atoms with Gasteiger partial charge in [-0.1, -0.05) is 72.2 Å². The van der Waals surface area contributed by atoms with E-state index in [1.807, 2.05) is 0 Å². The molecule has 3 rings (SSSR count). The number of hydrogen-bond donors (Lipinski definition) is 31. The van der Waals surface area contributed by atoms with Crippen LogP contribution in [0.1, 0.15) is 138 Å². The Morgan fingerprint density at radius 1 is 0.500 bits per heavy atom. The summed E-state index contributed by atoms with van der Waals surface area (Å²) in [6.45, 7) is 12.8. The Kier molecular flexibility index (Phi) is 49.1. The summed E-state index contributed by atoms with van der Waals surface area (Å²) in [5.41, 5.74) is 41.1. The van der Waals surface area contributed by atoms with Crippen LogP contribution in [0.3, 0.4) is 0 Å². The molecule has 0 spiro atoms. The zero-order valence-electron chi connectivity index (χ0n) is 75.7. The molecular formula is C82H136N24O24S2. The van der Waals surface area contributed by atoms with E-state index in [2.05, 4.69) is 110 Å². The predicted octanol–water partition coefficient (Wildman–Crippen LogP) is -10.5. The number of aliphatic hydroxyl groups excluding tert-OH is 4. The van der Waals surface area contributed by atoms with Gasteiger partial charge in [-0.2, -0.15) is 25.3 Å². The lowest BCUT2D eigenvalue weighted by atomic mass is 9.95. The first-order valence-corrected chi connectivity index (χ1v) is 44.2. The number of thiol groups is 2. The summed E-state index contributed by atoms with van der Waals surface area (Å²) in [5.74, 6) is -20.9. The van der Waals surface area contributed by atoms with E-state index in [1.54, 1.807) is 41.5 Å². The summed E-state index contributed by atoms with van der Waals surface area (Å²) in [5, 5.41) is 110. The van der Waals surface area contributed by atoms with Crippen molar-refractivity contribution < 1.29 is 117 Å². The van der Waals surface area contributed by atoms with Gasteiger partial charge in [0.1, 0.15) is 102 Å². The normalized spacial score (nSPS) is 17.2. The Hall–Kier alpha value is -11.4. The summed E-state index contributed by atoms with van der Waals surface area (Å²) in [6, 6.07) is -15.8. The van der Waals surface area contributed by atoms with Crippen LogP contribution in [0.2, 0.25) is 0 Å². The van der Waals surface area contributed by atoms with Crippen molar-refractivity contribution in [3.05, 3.63) is 59.7 Å². The lowest BCUT2D eigenvalue weighted by Gasteiger charge is -2.34. The highest BCUT2D eigenvalue weighted by molar-refractivity contribution is 7.81. The minimum Gasteiger partial charge on any atom is -0.508 e. The number of likely N-dealkylation sites (tertiary alicyclic amines) is 1. The predicted molar refractivity (Wildman–Crippen MR) is 487 cm³/mol. The first-order valence-electron chi connectivity index (χ1n) is 43.1. The molecule has 2 aromatic rings. The molecule has 1 fully saturated rings. The van der Waals surface area contributed by atoms with Crippen LogP contribution in [0.15, 0.2) is 53.5 Å². The van der Waals surface area contributed by atoms with Crippen molar-refractivity contribution >= 4 is 132 Å². The molecule has 1 saturated heterocycles. The lowest BCUT2D eigenvalue weighted by molar-refractivity contribution is -0.142. The maximum Gasteiger partial charge on any atom is 0.326 e. The number of primary amides is 1. The topological polar surface area (TPSA) is 810 Å². The molecule has 16 amide bonds. The van der Waals surface area contributed by atoms with Crippen LogP contribution in [0.4, 0.5) is 0 Å². The number of hydrogen-bond acceptors (Lipinski definition) is 31. The molecule has 48 nitrogen and oxygen atoms in total. The number of rotatable bonds is 58. The van der Waals surface area contributed by atoms with Gasteiger partial charge in [0.25, 0.3) is 0 Å². The number of nitrogens with zero attached hydrogens (tertiary/aromatic N) is 2. The number of aromatic hydroxyl groups is 2. The number of benzene rings is 2. The Bertz CT molecular complexity index is 4240. The van der Waals surface area contributed by atoms with E-state index in [0.29, 0.717) is 5.56 Å². The SMILES string of the molecule is CC[C@H](C)[C@H](NC(=O)[C@@H]1C[C@@H](O)CN1C(=O)[C@@H](N)C(C)C)C(=O)N[C@H](C(=O)N[C@@H](Cc1ccc(O)cc1)C(=O)N[C@H](C(=O)N[C@@H](CC(N)=O)C(=O)N[C@@H](CCCN=C(N)N)C(=O)N[C@@H](CCNC(C)C)C(=O)N[C@H](C(=O)N[C@H](CCN)C(=O)N[C@@H](CO)C(=O)N[C@@H](CCN)C(=O)N[C@@H](CCN)C(=O)N[C@@H](CS)C(=O)N[C@@H](Cc1ccc(O)cc1)C(=O)O)[C@@H](C)O)[C@@H](C)O)C(C)(C)S. The summed E-state index contributed by atoms with van der Waals surface area (Å²) < 4.78 is -1.49. The third kappa shape index (κ3) is 38.5. The maximum absolute atomic E-state index is 14.8. The molecule has 0 saturated carbocycles. The second kappa shape index (κ2) is 56.5. The van der Waals surface area contributed by atoms with Crippen LogP contribution in [0.25, 0.3) is 0 Å². The highest BCUT2D eigenvalue weighted by Crippen LogP contribution is 2.25. The minimum atomic E-state index is -2.07. The van der Waals surface area contributed by atoms with Gasteiger partial charge in [0.2, 0.25) is 94.5 Å². The largest absolute Gasteiger partial charge is 0.508 e. The Morgan fingerprint density at radius 2 is 0.879 bits per heavy atom. The molecule has 740 valence electrons. The molecular weight excluding hydrogens is 1770 g/mol. The van der Waals surface area contributed by atoms with E-state index in [0.717, 1.165) is 18.7 Å². The molecule has 1 aliphatic rings. The third-order valence-electron chi connectivity index (χ3n) is 21.2. The van der Waals surface area contributed by atoms with E-state index in [-0.39, 0.29) is 131 Å². The van der Waals surface area contributed by atoms with Gasteiger partial charge in [-0.25, -0.2) is 4.79 Å². The van der Waals surface area contributed by atoms with Crippen LogP contribution in [-0.4, -0.2) is 324 Å². The molecule has 50 heteroatoms. The van der Waals surface area contributed by atoms with E-state index in [1.165, 1.54) is 62.4 Å². The third-order valence-corrected chi connectivity index (χ3v) is 21.8. The first-order chi connectivity index (χ1) is 61.9. The summed E-state index contributed by atoms with van der Waals surface area (Å²) in [6.07, 6.45) is -8.15. The van der Waals surface area contributed by atoms with E-state index in [4.69, 9.17) is 40.1 Å². The number of guanidine groups is 1. The van der Waals surface area contributed by atoms with Gasteiger partial charge in [-0.05, 0) is 140 Å². The van der Waals surface area contributed by atoms with Crippen molar-refractivity contribution in [2.24, 2.45) is 57.0 Å². The van der Waals surface area contributed by atoms with E-state index >= 15 is 0 Å². The molecule has 2 aromatic carbocycles. The summed E-state index contributed by atoms with van der Waals surface area (Å²) >= 11 is 8.77. The van der Waals surface area contributed by atoms with Gasteiger partial charge >= 0.3 is 5.97 Å². The van der Waals surface area contributed by atoms with Crippen molar-refractivity contribution in [3.8, 4) is 11.5 Å². The molecule has 36 N–H and O–H groups in total. The monoisotopic (exact) mass is 1900 g/mol. The number of amides is 16. The fraction of sp³-hybridized carbons (Fsp3) is 0.634. The zero-order valence-corrected chi connectivity index (χ0v) is 77.4. The van der Waals surface area contributed by atoms with Crippen LogP contribution in [-0.2, 0) is 94.3 Å². The van der Waals surface area contributed by atoms with Gasteiger partial charge in [0, 0.05) is 48.9 Å². The molecule has 0 radical (unpaired) electrons. The molecule has 0 bridgehead atoms. The van der Waals surface area contributed by atoms with Gasteiger partial charge < -0.3 is 161 Å². The number of aliphatic hydroxyl groups is 4. The lowest BCUT2D eigenvalue weighted by Crippen LogP contribution is -2.64. The smallest absolute Gasteiger partial charge is 0.326 e. The number of carbonyl (C=O) groups is 17. The number of phenols is 2. The Morgan fingerprint density at radius 3 is 1.29 bits per heavy atom. The number of aliphatic carboxylic acids is 1. The van der Waals surface area contributed by atoms with E-state index in [9.17, 15) is 117 Å². The van der Waals surface area contributed by atoms with Gasteiger partial charge in [-0.3, -0.25) is 81.7 Å². The second-order valence-electron chi connectivity index (χ2n) is 33.4. The van der Waals surface area contributed by atoms with Crippen LogP contribution >= 0.6 is 25.3 Å². The molecule has 0 aromatic heterocycles. The molecule has 0 unspecified atom stereocenters. The zero-order chi connectivity index (χ0) is 99.9. The maximum atomic E-state index is 14.8. The van der Waals surface area contributed by atoms with Gasteiger partial charge in [-0.15, -0.1) is 0 Å². The fourth-order valence-corrected chi connectivity index (χ4v) is 13.8. The van der Waals surface area contributed by atoms with Crippen LogP contribution in [0.5, 0.6) is 11.5 Å². The number of nitrogens with two attached hydrogens (primary N) is 7. The van der Waals surface area contributed by atoms with Crippen molar-refractivity contribution in [2.75, 3.05) is 51.6 Å². The van der Waals surface area contributed by atoms with Crippen molar-refractivity contribution in [2.45, 2.75) is 266 Å². The number of carboxylic acids is 1. The highest BCUT2D eigenvalue weighted by Gasteiger charge is 2.46. The molecule has 1 aliphatic heterocycles.